The van der Waals surface area contributed by atoms with Crippen LogP contribution in [0.3, 0.4) is 0 Å². The predicted molar refractivity (Wildman–Crippen MR) is 119 cm³/mol. The van der Waals surface area contributed by atoms with Gasteiger partial charge in [0.25, 0.3) is 0 Å². The van der Waals surface area contributed by atoms with Crippen LogP contribution < -0.4 is 5.32 Å². The summed E-state index contributed by atoms with van der Waals surface area (Å²) < 4.78 is 41.8. The van der Waals surface area contributed by atoms with E-state index in [0.29, 0.717) is 18.7 Å². The first-order valence-corrected chi connectivity index (χ1v) is 11.8. The molecular formula is C23H25FN4O2S. The molecule has 1 aliphatic rings. The van der Waals surface area contributed by atoms with Crippen molar-refractivity contribution in [3.8, 4) is 0 Å². The van der Waals surface area contributed by atoms with Crippen LogP contribution in [0.2, 0.25) is 0 Å². The SMILES string of the molecule is Cc1cc(Nc2ncccc2C)cc([C@@H]2CCCN2S(=O)(=O)Cc2ccccc2F)n1. The molecule has 0 radical (unpaired) electrons. The summed E-state index contributed by atoms with van der Waals surface area (Å²) in [6.07, 6.45) is 3.13. The molecule has 3 aromatic rings. The maximum atomic E-state index is 14.1. The Morgan fingerprint density at radius 1 is 1.16 bits per heavy atom. The van der Waals surface area contributed by atoms with Crippen molar-refractivity contribution < 1.29 is 12.8 Å². The van der Waals surface area contributed by atoms with E-state index in [-0.39, 0.29) is 17.4 Å². The Morgan fingerprint density at radius 2 is 1.97 bits per heavy atom. The molecule has 0 spiro atoms. The second kappa shape index (κ2) is 8.72. The van der Waals surface area contributed by atoms with Crippen molar-refractivity contribution in [2.75, 3.05) is 11.9 Å². The Hall–Kier alpha value is -2.84. The zero-order valence-corrected chi connectivity index (χ0v) is 18.4. The second-order valence-electron chi connectivity index (χ2n) is 7.83. The number of aryl methyl sites for hydroxylation is 2. The summed E-state index contributed by atoms with van der Waals surface area (Å²) in [5, 5.41) is 3.31. The van der Waals surface area contributed by atoms with Crippen LogP contribution in [0.1, 0.15) is 41.4 Å². The molecule has 31 heavy (non-hydrogen) atoms. The van der Waals surface area contributed by atoms with E-state index in [9.17, 15) is 12.8 Å². The minimum Gasteiger partial charge on any atom is -0.340 e. The molecular weight excluding hydrogens is 415 g/mol. The Balaban J connectivity index is 1.62. The molecule has 2 aromatic heterocycles. The Morgan fingerprint density at radius 3 is 2.74 bits per heavy atom. The molecule has 4 rings (SSSR count). The van der Waals surface area contributed by atoms with Gasteiger partial charge in [-0.3, -0.25) is 4.98 Å². The van der Waals surface area contributed by atoms with E-state index in [4.69, 9.17) is 0 Å². The summed E-state index contributed by atoms with van der Waals surface area (Å²) in [5.74, 6) is -0.123. The zero-order chi connectivity index (χ0) is 22.0. The van der Waals surface area contributed by atoms with E-state index in [1.165, 1.54) is 16.4 Å². The lowest BCUT2D eigenvalue weighted by Crippen LogP contribution is -2.32. The number of hydrogen-bond donors (Lipinski definition) is 1. The number of pyridine rings is 2. The molecule has 1 N–H and O–H groups in total. The van der Waals surface area contributed by atoms with E-state index < -0.39 is 15.8 Å². The normalized spacial score (nSPS) is 17.1. The van der Waals surface area contributed by atoms with Crippen LogP contribution in [0.15, 0.2) is 54.7 Å². The molecule has 0 amide bonds. The average molecular weight is 441 g/mol. The summed E-state index contributed by atoms with van der Waals surface area (Å²) >= 11 is 0. The quantitative estimate of drug-likeness (QED) is 0.604. The maximum Gasteiger partial charge on any atom is 0.219 e. The average Bonchev–Trinajstić information content (AvgIpc) is 3.22. The Labute approximate surface area is 182 Å². The highest BCUT2D eigenvalue weighted by molar-refractivity contribution is 7.88. The van der Waals surface area contributed by atoms with Crippen LogP contribution in [-0.2, 0) is 15.8 Å². The number of nitrogens with one attached hydrogen (secondary N) is 1. The van der Waals surface area contributed by atoms with E-state index in [1.807, 2.05) is 38.1 Å². The minimum atomic E-state index is -3.70. The third-order valence-electron chi connectivity index (χ3n) is 5.44. The van der Waals surface area contributed by atoms with Gasteiger partial charge in [-0.15, -0.1) is 0 Å². The van der Waals surface area contributed by atoms with Crippen LogP contribution in [0.25, 0.3) is 0 Å². The summed E-state index contributed by atoms with van der Waals surface area (Å²) in [4.78, 5) is 8.99. The topological polar surface area (TPSA) is 75.2 Å². The number of hydrogen-bond acceptors (Lipinski definition) is 5. The summed E-state index contributed by atoms with van der Waals surface area (Å²) in [7, 11) is -3.70. The molecule has 0 saturated carbocycles. The van der Waals surface area contributed by atoms with Gasteiger partial charge in [0.05, 0.1) is 17.5 Å². The van der Waals surface area contributed by atoms with Gasteiger partial charge in [-0.25, -0.2) is 17.8 Å². The first kappa shape index (κ1) is 21.4. The van der Waals surface area contributed by atoms with Gasteiger partial charge in [0.2, 0.25) is 10.0 Å². The second-order valence-corrected chi connectivity index (χ2v) is 9.75. The molecule has 3 heterocycles. The number of anilines is 2. The molecule has 1 atom stereocenters. The molecule has 8 heteroatoms. The number of benzene rings is 1. The van der Waals surface area contributed by atoms with Crippen molar-refractivity contribution in [1.82, 2.24) is 14.3 Å². The number of halogens is 1. The molecule has 162 valence electrons. The molecule has 0 unspecified atom stereocenters. The van der Waals surface area contributed by atoms with Crippen LogP contribution in [-0.4, -0.2) is 29.2 Å². The zero-order valence-electron chi connectivity index (χ0n) is 17.5. The lowest BCUT2D eigenvalue weighted by atomic mass is 10.1. The first-order valence-electron chi connectivity index (χ1n) is 10.2. The molecule has 1 aliphatic heterocycles. The monoisotopic (exact) mass is 440 g/mol. The van der Waals surface area contributed by atoms with Crippen LogP contribution in [0.4, 0.5) is 15.9 Å². The van der Waals surface area contributed by atoms with E-state index >= 15 is 0 Å². The number of aromatic nitrogens is 2. The molecule has 1 aromatic carbocycles. The lowest BCUT2D eigenvalue weighted by Gasteiger charge is -2.24. The van der Waals surface area contributed by atoms with Gasteiger partial charge in [-0.1, -0.05) is 24.3 Å². The third kappa shape index (κ3) is 4.75. The Kier molecular flexibility index (Phi) is 6.02. The van der Waals surface area contributed by atoms with E-state index in [0.717, 1.165) is 29.2 Å². The van der Waals surface area contributed by atoms with Gasteiger partial charge < -0.3 is 5.32 Å². The molecule has 6 nitrogen and oxygen atoms in total. The fraction of sp³-hybridized carbons (Fsp3) is 0.304. The highest BCUT2D eigenvalue weighted by Gasteiger charge is 2.36. The third-order valence-corrected chi connectivity index (χ3v) is 7.27. The summed E-state index contributed by atoms with van der Waals surface area (Å²) in [6, 6.07) is 13.3. The fourth-order valence-electron chi connectivity index (χ4n) is 3.95. The van der Waals surface area contributed by atoms with Crippen molar-refractivity contribution in [1.29, 1.82) is 0 Å². The molecule has 1 fully saturated rings. The predicted octanol–water partition coefficient (Wildman–Crippen LogP) is 4.64. The highest BCUT2D eigenvalue weighted by atomic mass is 32.2. The standard InChI is InChI=1S/C23H25FN4O2S/c1-16-7-5-11-25-23(16)27-19-13-17(2)26-21(14-19)22-10-6-12-28(22)31(29,30)15-18-8-3-4-9-20(18)24/h3-5,7-9,11,13-14,22H,6,10,12,15H2,1-2H3,(H,25,26,27)/t22-/m0/s1. The summed E-state index contributed by atoms with van der Waals surface area (Å²) in [5.41, 5.74) is 3.46. The lowest BCUT2D eigenvalue weighted by molar-refractivity contribution is 0.389. The van der Waals surface area contributed by atoms with Gasteiger partial charge >= 0.3 is 0 Å². The van der Waals surface area contributed by atoms with Gasteiger partial charge in [0.15, 0.2) is 0 Å². The van der Waals surface area contributed by atoms with E-state index in [1.54, 1.807) is 18.3 Å². The van der Waals surface area contributed by atoms with Crippen molar-refractivity contribution in [3.63, 3.8) is 0 Å². The largest absolute Gasteiger partial charge is 0.340 e. The number of rotatable bonds is 6. The number of nitrogens with zero attached hydrogens (tertiary/aromatic N) is 3. The maximum absolute atomic E-state index is 14.1. The molecule has 0 bridgehead atoms. The summed E-state index contributed by atoms with van der Waals surface area (Å²) in [6.45, 7) is 4.25. The minimum absolute atomic E-state index is 0.179. The molecule has 0 aliphatic carbocycles. The number of sulfonamides is 1. The van der Waals surface area contributed by atoms with Gasteiger partial charge in [-0.05, 0) is 56.5 Å². The van der Waals surface area contributed by atoms with Crippen molar-refractivity contribution in [2.45, 2.75) is 38.5 Å². The Bertz CT molecular complexity index is 1200. The highest BCUT2D eigenvalue weighted by Crippen LogP contribution is 2.36. The van der Waals surface area contributed by atoms with Gasteiger partial charge in [0.1, 0.15) is 11.6 Å². The van der Waals surface area contributed by atoms with Gasteiger partial charge in [-0.2, -0.15) is 4.31 Å². The smallest absolute Gasteiger partial charge is 0.219 e. The van der Waals surface area contributed by atoms with Crippen LogP contribution in [0, 0.1) is 19.7 Å². The van der Waals surface area contributed by atoms with Gasteiger partial charge in [0, 0.05) is 29.7 Å². The van der Waals surface area contributed by atoms with Crippen molar-refractivity contribution in [2.24, 2.45) is 0 Å². The molecule has 1 saturated heterocycles. The van der Waals surface area contributed by atoms with Crippen molar-refractivity contribution >= 4 is 21.5 Å². The van der Waals surface area contributed by atoms with E-state index in [2.05, 4.69) is 15.3 Å². The van der Waals surface area contributed by atoms with Crippen molar-refractivity contribution in [3.05, 3.63) is 83.1 Å². The fourth-order valence-corrected chi connectivity index (χ4v) is 5.76. The first-order chi connectivity index (χ1) is 14.8. The van der Waals surface area contributed by atoms with Crippen LogP contribution >= 0.6 is 0 Å². The van der Waals surface area contributed by atoms with Crippen LogP contribution in [0.5, 0.6) is 0 Å².